The fourth-order valence-electron chi connectivity index (χ4n) is 1.94. The summed E-state index contributed by atoms with van der Waals surface area (Å²) in [6, 6.07) is 17.3. The Kier molecular flexibility index (Phi) is 4.94. The molecular formula is C17H16N2O2. The molecule has 0 amide bonds. The molecule has 4 nitrogen and oxygen atoms in total. The molecule has 0 bridgehead atoms. The Hall–Kier alpha value is -2.80. The van der Waals surface area contributed by atoms with Crippen molar-refractivity contribution in [3.05, 3.63) is 65.2 Å². The van der Waals surface area contributed by atoms with Crippen LogP contribution in [0.15, 0.2) is 53.7 Å². The summed E-state index contributed by atoms with van der Waals surface area (Å²) >= 11 is 0. The highest BCUT2D eigenvalue weighted by molar-refractivity contribution is 6.12. The van der Waals surface area contributed by atoms with Crippen LogP contribution in [-0.2, 0) is 11.4 Å². The Morgan fingerprint density at radius 2 is 1.86 bits per heavy atom. The predicted octanol–water partition coefficient (Wildman–Crippen LogP) is 3.45. The zero-order valence-electron chi connectivity index (χ0n) is 12.0. The van der Waals surface area contributed by atoms with Crippen molar-refractivity contribution in [2.45, 2.75) is 13.5 Å². The van der Waals surface area contributed by atoms with E-state index in [0.717, 1.165) is 5.56 Å². The number of hydrogen-bond donors (Lipinski definition) is 0. The number of benzene rings is 2. The maximum Gasteiger partial charge on any atom is 0.190 e. The van der Waals surface area contributed by atoms with Crippen molar-refractivity contribution in [3.63, 3.8) is 0 Å². The number of hydrogen-bond acceptors (Lipinski definition) is 4. The van der Waals surface area contributed by atoms with Crippen molar-refractivity contribution in [3.8, 4) is 11.8 Å². The molecule has 0 N–H and O–H groups in total. The molecule has 0 fully saturated rings. The van der Waals surface area contributed by atoms with Gasteiger partial charge in [-0.1, -0.05) is 41.6 Å². The summed E-state index contributed by atoms with van der Waals surface area (Å²) in [6.07, 6.45) is 0. The highest BCUT2D eigenvalue weighted by Crippen LogP contribution is 2.21. The third-order valence-corrected chi connectivity index (χ3v) is 3.08. The van der Waals surface area contributed by atoms with Gasteiger partial charge < -0.3 is 9.57 Å². The molecule has 0 heterocycles. The first-order valence-corrected chi connectivity index (χ1v) is 6.54. The van der Waals surface area contributed by atoms with Crippen LogP contribution in [0.2, 0.25) is 0 Å². The van der Waals surface area contributed by atoms with E-state index in [9.17, 15) is 0 Å². The zero-order chi connectivity index (χ0) is 15.1. The van der Waals surface area contributed by atoms with Crippen molar-refractivity contribution in [1.29, 1.82) is 5.26 Å². The molecule has 0 radical (unpaired) electrons. The Morgan fingerprint density at radius 1 is 1.14 bits per heavy atom. The van der Waals surface area contributed by atoms with Crippen molar-refractivity contribution in [2.75, 3.05) is 7.11 Å². The lowest BCUT2D eigenvalue weighted by atomic mass is 10.1. The van der Waals surface area contributed by atoms with Crippen molar-refractivity contribution in [2.24, 2.45) is 5.16 Å². The van der Waals surface area contributed by atoms with Crippen LogP contribution < -0.4 is 4.74 Å². The average molecular weight is 280 g/mol. The van der Waals surface area contributed by atoms with Gasteiger partial charge in [0.05, 0.1) is 5.56 Å². The van der Waals surface area contributed by atoms with Crippen molar-refractivity contribution < 1.29 is 9.57 Å². The third-order valence-electron chi connectivity index (χ3n) is 3.08. The predicted molar refractivity (Wildman–Crippen MR) is 81.1 cm³/mol. The van der Waals surface area contributed by atoms with E-state index in [4.69, 9.17) is 14.8 Å². The van der Waals surface area contributed by atoms with Crippen LogP contribution in [0.25, 0.3) is 0 Å². The van der Waals surface area contributed by atoms with Gasteiger partial charge in [0, 0.05) is 0 Å². The van der Waals surface area contributed by atoms with E-state index in [-0.39, 0.29) is 5.71 Å². The second-order valence-corrected chi connectivity index (χ2v) is 4.45. The molecule has 0 saturated heterocycles. The van der Waals surface area contributed by atoms with Crippen LogP contribution in [-0.4, -0.2) is 12.8 Å². The van der Waals surface area contributed by atoms with E-state index in [2.05, 4.69) is 5.16 Å². The summed E-state index contributed by atoms with van der Waals surface area (Å²) < 4.78 is 5.85. The van der Waals surface area contributed by atoms with Crippen LogP contribution in [0.5, 0.6) is 5.75 Å². The fourth-order valence-corrected chi connectivity index (χ4v) is 1.94. The molecule has 21 heavy (non-hydrogen) atoms. The van der Waals surface area contributed by atoms with Gasteiger partial charge in [0.25, 0.3) is 0 Å². The van der Waals surface area contributed by atoms with Gasteiger partial charge in [0.1, 0.15) is 25.5 Å². The molecular weight excluding hydrogens is 264 g/mol. The maximum absolute atomic E-state index is 9.15. The van der Waals surface area contributed by atoms with Gasteiger partial charge in [-0.2, -0.15) is 5.26 Å². The molecule has 4 heteroatoms. The highest BCUT2D eigenvalue weighted by atomic mass is 16.6. The van der Waals surface area contributed by atoms with Crippen LogP contribution in [0.1, 0.15) is 16.7 Å². The molecule has 106 valence electrons. The van der Waals surface area contributed by atoms with Gasteiger partial charge in [-0.25, -0.2) is 0 Å². The summed E-state index contributed by atoms with van der Waals surface area (Å²) in [5.41, 5.74) is 3.09. The lowest BCUT2D eigenvalue weighted by Gasteiger charge is -2.11. The Balaban J connectivity index is 2.24. The highest BCUT2D eigenvalue weighted by Gasteiger charge is 2.11. The van der Waals surface area contributed by atoms with Gasteiger partial charge in [0.2, 0.25) is 0 Å². The molecule has 2 rings (SSSR count). The molecule has 0 unspecified atom stereocenters. The number of aryl methyl sites for hydroxylation is 1. The van der Waals surface area contributed by atoms with E-state index >= 15 is 0 Å². The molecule has 0 aromatic heterocycles. The van der Waals surface area contributed by atoms with Gasteiger partial charge in [0.15, 0.2) is 5.71 Å². The van der Waals surface area contributed by atoms with Gasteiger partial charge in [-0.15, -0.1) is 0 Å². The summed E-state index contributed by atoms with van der Waals surface area (Å²) in [7, 11) is 1.41. The second-order valence-electron chi connectivity index (χ2n) is 4.45. The number of para-hydroxylation sites is 1. The minimum absolute atomic E-state index is 0.192. The maximum atomic E-state index is 9.15. The summed E-state index contributed by atoms with van der Waals surface area (Å²) in [5.74, 6) is 0.609. The van der Waals surface area contributed by atoms with Gasteiger partial charge >= 0.3 is 0 Å². The van der Waals surface area contributed by atoms with E-state index in [1.165, 1.54) is 12.7 Å². The van der Waals surface area contributed by atoms with Crippen LogP contribution in [0, 0.1) is 18.3 Å². The first-order chi connectivity index (χ1) is 10.3. The van der Waals surface area contributed by atoms with Crippen LogP contribution >= 0.6 is 0 Å². The van der Waals surface area contributed by atoms with E-state index in [0.29, 0.717) is 17.9 Å². The molecule has 0 aliphatic rings. The minimum atomic E-state index is 0.192. The van der Waals surface area contributed by atoms with Crippen molar-refractivity contribution in [1.82, 2.24) is 0 Å². The first kappa shape index (κ1) is 14.6. The third kappa shape index (κ3) is 3.61. The number of nitriles is 1. The number of nitrogens with zero attached hydrogens (tertiary/aromatic N) is 2. The monoisotopic (exact) mass is 280 g/mol. The topological polar surface area (TPSA) is 54.6 Å². The number of rotatable bonds is 5. The van der Waals surface area contributed by atoms with E-state index < -0.39 is 0 Å². The van der Waals surface area contributed by atoms with Crippen LogP contribution in [0.4, 0.5) is 0 Å². The normalized spacial score (nSPS) is 10.8. The quantitative estimate of drug-likeness (QED) is 0.622. The smallest absolute Gasteiger partial charge is 0.190 e. The molecule has 0 aliphatic heterocycles. The van der Waals surface area contributed by atoms with E-state index in [1.807, 2.05) is 55.5 Å². The number of oxime groups is 1. The minimum Gasteiger partial charge on any atom is -0.488 e. The van der Waals surface area contributed by atoms with E-state index in [1.54, 1.807) is 6.07 Å². The van der Waals surface area contributed by atoms with Crippen molar-refractivity contribution >= 4 is 5.71 Å². The van der Waals surface area contributed by atoms with Gasteiger partial charge in [-0.3, -0.25) is 0 Å². The summed E-state index contributed by atoms with van der Waals surface area (Å²) in [5, 5.41) is 12.9. The summed E-state index contributed by atoms with van der Waals surface area (Å²) in [6.45, 7) is 2.48. The lowest BCUT2D eigenvalue weighted by Crippen LogP contribution is -2.04. The molecule has 0 saturated carbocycles. The second kappa shape index (κ2) is 7.11. The average Bonchev–Trinajstić information content (AvgIpc) is 2.52. The molecule has 2 aromatic rings. The Labute approximate surface area is 124 Å². The summed E-state index contributed by atoms with van der Waals surface area (Å²) in [4.78, 5) is 4.70. The zero-order valence-corrected chi connectivity index (χ0v) is 12.0. The lowest BCUT2D eigenvalue weighted by molar-refractivity contribution is 0.214. The Bertz CT molecular complexity index is 687. The number of ether oxygens (including phenoxy) is 1. The molecule has 0 spiro atoms. The SMILES string of the molecule is CON=C(C#N)c1ccccc1OCc1ccccc1C. The van der Waals surface area contributed by atoms with Gasteiger partial charge in [-0.05, 0) is 30.2 Å². The fraction of sp³-hybridized carbons (Fsp3) is 0.176. The van der Waals surface area contributed by atoms with Crippen LogP contribution in [0.3, 0.4) is 0 Å². The Morgan fingerprint density at radius 3 is 2.57 bits per heavy atom. The first-order valence-electron chi connectivity index (χ1n) is 6.54. The molecule has 2 aromatic carbocycles. The molecule has 0 atom stereocenters. The molecule has 0 aliphatic carbocycles. The largest absolute Gasteiger partial charge is 0.488 e. The standard InChI is InChI=1S/C17H16N2O2/c1-13-7-3-4-8-14(13)12-21-17-10-6-5-9-15(17)16(11-18)19-20-2/h3-10H,12H2,1-2H3.